The molecule has 1 N–H and O–H groups in total. The van der Waals surface area contributed by atoms with E-state index in [4.69, 9.17) is 17.0 Å². The van der Waals surface area contributed by atoms with Crippen LogP contribution >= 0.6 is 12.2 Å². The summed E-state index contributed by atoms with van der Waals surface area (Å²) in [7, 11) is 0. The minimum atomic E-state index is -0.475. The van der Waals surface area contributed by atoms with E-state index in [9.17, 15) is 10.1 Å². The molecule has 0 atom stereocenters. The van der Waals surface area contributed by atoms with Crippen molar-refractivity contribution in [1.29, 1.82) is 0 Å². The van der Waals surface area contributed by atoms with Gasteiger partial charge in [-0.15, -0.1) is 0 Å². The maximum atomic E-state index is 10.6. The van der Waals surface area contributed by atoms with E-state index >= 15 is 0 Å². The Bertz CT molecular complexity index is 381. The molecule has 1 rings (SSSR count). The highest BCUT2D eigenvalue weighted by Gasteiger charge is 2.13. The third-order valence-electron chi connectivity index (χ3n) is 1.61. The van der Waals surface area contributed by atoms with Crippen LogP contribution in [0.5, 0.6) is 0 Å². The molecule has 1 aromatic rings. The summed E-state index contributed by atoms with van der Waals surface area (Å²) in [4.78, 5) is 10.2. The summed E-state index contributed by atoms with van der Waals surface area (Å²) in [6.07, 6.45) is 0. The maximum Gasteiger partial charge on any atom is 0.292 e. The predicted molar refractivity (Wildman–Crippen MR) is 60.9 cm³/mol. The molecule has 0 aromatic heterocycles. The average molecular weight is 226 g/mol. The topological polar surface area (TPSA) is 64.4 Å². The van der Waals surface area contributed by atoms with Crippen molar-refractivity contribution in [2.75, 3.05) is 11.9 Å². The van der Waals surface area contributed by atoms with Gasteiger partial charge in [-0.05, 0) is 25.2 Å². The first-order valence-electron chi connectivity index (χ1n) is 4.32. The molecule has 0 unspecified atom stereocenters. The van der Waals surface area contributed by atoms with Crippen molar-refractivity contribution in [3.05, 3.63) is 34.4 Å². The summed E-state index contributed by atoms with van der Waals surface area (Å²) < 4.78 is 4.98. The Morgan fingerprint density at radius 1 is 1.60 bits per heavy atom. The van der Waals surface area contributed by atoms with Gasteiger partial charge in [-0.2, -0.15) is 0 Å². The molecule has 0 aliphatic rings. The molecule has 80 valence electrons. The van der Waals surface area contributed by atoms with Gasteiger partial charge < -0.3 is 10.1 Å². The minimum absolute atomic E-state index is 0.0282. The predicted octanol–water partition coefficient (Wildman–Crippen LogP) is 2.33. The smallest absolute Gasteiger partial charge is 0.292 e. The fraction of sp³-hybridized carbons (Fsp3) is 0.222. The molecular formula is C9H10N2O3S. The first-order valence-corrected chi connectivity index (χ1v) is 4.73. The van der Waals surface area contributed by atoms with Gasteiger partial charge in [-0.1, -0.05) is 12.1 Å². The number of para-hydroxylation sites is 2. The molecule has 5 nitrogen and oxygen atoms in total. The SMILES string of the molecule is CCOC(=S)Nc1ccccc1[N+](=O)[O-]. The molecule has 0 aliphatic carbocycles. The average Bonchev–Trinajstić information content (AvgIpc) is 2.18. The van der Waals surface area contributed by atoms with E-state index in [2.05, 4.69) is 5.32 Å². The lowest BCUT2D eigenvalue weighted by molar-refractivity contribution is -0.383. The zero-order valence-electron chi connectivity index (χ0n) is 8.10. The molecule has 15 heavy (non-hydrogen) atoms. The quantitative estimate of drug-likeness (QED) is 0.487. The second-order valence-electron chi connectivity index (χ2n) is 2.62. The number of benzene rings is 1. The minimum Gasteiger partial charge on any atom is -0.471 e. The lowest BCUT2D eigenvalue weighted by Crippen LogP contribution is -2.13. The zero-order chi connectivity index (χ0) is 11.3. The molecular weight excluding hydrogens is 216 g/mol. The molecule has 6 heteroatoms. The number of hydrogen-bond acceptors (Lipinski definition) is 4. The van der Waals surface area contributed by atoms with Gasteiger partial charge in [0, 0.05) is 6.07 Å². The monoisotopic (exact) mass is 226 g/mol. The summed E-state index contributed by atoms with van der Waals surface area (Å²) in [5.41, 5.74) is 0.306. The first kappa shape index (κ1) is 11.4. The Morgan fingerprint density at radius 3 is 2.87 bits per heavy atom. The van der Waals surface area contributed by atoms with Crippen molar-refractivity contribution in [3.63, 3.8) is 0 Å². The lowest BCUT2D eigenvalue weighted by atomic mass is 10.3. The van der Waals surface area contributed by atoms with E-state index in [1.807, 2.05) is 0 Å². The summed E-state index contributed by atoms with van der Waals surface area (Å²) in [6.45, 7) is 2.21. The van der Waals surface area contributed by atoms with Crippen LogP contribution in [0.15, 0.2) is 24.3 Å². The number of nitro groups is 1. The third-order valence-corrected chi connectivity index (χ3v) is 1.83. The normalized spacial score (nSPS) is 9.40. The largest absolute Gasteiger partial charge is 0.471 e. The van der Waals surface area contributed by atoms with Crippen LogP contribution in [0.1, 0.15) is 6.92 Å². The molecule has 0 radical (unpaired) electrons. The number of nitrogens with zero attached hydrogens (tertiary/aromatic N) is 1. The van der Waals surface area contributed by atoms with Crippen LogP contribution in [0.25, 0.3) is 0 Å². The van der Waals surface area contributed by atoms with Crippen molar-refractivity contribution in [1.82, 2.24) is 0 Å². The molecule has 0 saturated carbocycles. The molecule has 0 saturated heterocycles. The van der Waals surface area contributed by atoms with Gasteiger partial charge in [0.2, 0.25) is 0 Å². The number of nitro benzene ring substituents is 1. The van der Waals surface area contributed by atoms with Gasteiger partial charge in [0.1, 0.15) is 5.69 Å². The van der Waals surface area contributed by atoms with Gasteiger partial charge in [0.05, 0.1) is 11.5 Å². The fourth-order valence-electron chi connectivity index (χ4n) is 1.02. The summed E-state index contributed by atoms with van der Waals surface area (Å²) >= 11 is 4.83. The summed E-state index contributed by atoms with van der Waals surface area (Å²) in [6, 6.07) is 6.25. The van der Waals surface area contributed by atoms with Crippen molar-refractivity contribution < 1.29 is 9.66 Å². The first-order chi connectivity index (χ1) is 7.15. The van der Waals surface area contributed by atoms with Crippen molar-refractivity contribution in [3.8, 4) is 0 Å². The number of nitrogens with one attached hydrogen (secondary N) is 1. The van der Waals surface area contributed by atoms with Crippen LogP contribution in [0, 0.1) is 10.1 Å². The number of anilines is 1. The zero-order valence-corrected chi connectivity index (χ0v) is 8.91. The Kier molecular flexibility index (Phi) is 3.99. The second kappa shape index (κ2) is 5.26. The molecule has 0 amide bonds. The van der Waals surface area contributed by atoms with Crippen LogP contribution in [-0.2, 0) is 4.74 Å². The fourth-order valence-corrected chi connectivity index (χ4v) is 1.24. The Labute approximate surface area is 92.2 Å². The highest BCUT2D eigenvalue weighted by atomic mass is 32.1. The van der Waals surface area contributed by atoms with E-state index in [1.165, 1.54) is 6.07 Å². The van der Waals surface area contributed by atoms with Crippen LogP contribution in [0.3, 0.4) is 0 Å². The van der Waals surface area contributed by atoms with Crippen molar-refractivity contribution in [2.24, 2.45) is 0 Å². The van der Waals surface area contributed by atoms with Crippen LogP contribution in [0.2, 0.25) is 0 Å². The number of thiocarbonyl (C=S) groups is 1. The highest BCUT2D eigenvalue weighted by molar-refractivity contribution is 7.80. The maximum absolute atomic E-state index is 10.6. The number of hydrogen-bond donors (Lipinski definition) is 1. The van der Waals surface area contributed by atoms with E-state index < -0.39 is 4.92 Å². The van der Waals surface area contributed by atoms with Gasteiger partial charge in [0.15, 0.2) is 0 Å². The second-order valence-corrected chi connectivity index (χ2v) is 2.99. The number of ether oxygens (including phenoxy) is 1. The Balaban J connectivity index is 2.84. The summed E-state index contributed by atoms with van der Waals surface area (Å²) in [5, 5.41) is 13.4. The molecule has 0 bridgehead atoms. The third kappa shape index (κ3) is 3.17. The molecule has 0 fully saturated rings. The molecule has 0 spiro atoms. The highest BCUT2D eigenvalue weighted by Crippen LogP contribution is 2.23. The number of rotatable bonds is 3. The summed E-state index contributed by atoms with van der Waals surface area (Å²) in [5.74, 6) is 0. The van der Waals surface area contributed by atoms with Crippen molar-refractivity contribution >= 4 is 28.8 Å². The van der Waals surface area contributed by atoms with Gasteiger partial charge in [0.25, 0.3) is 10.9 Å². The lowest BCUT2D eigenvalue weighted by Gasteiger charge is -2.07. The van der Waals surface area contributed by atoms with Crippen molar-refractivity contribution in [2.45, 2.75) is 6.92 Å². The Morgan fingerprint density at radius 2 is 2.27 bits per heavy atom. The molecule has 1 aromatic carbocycles. The molecule has 0 aliphatic heterocycles. The van der Waals surface area contributed by atoms with Gasteiger partial charge >= 0.3 is 0 Å². The standard InChI is InChI=1S/C9H10N2O3S/c1-2-14-9(15)10-7-5-3-4-6-8(7)11(12)13/h3-6H,2H2,1H3,(H,10,15). The van der Waals surface area contributed by atoms with E-state index in [0.717, 1.165) is 0 Å². The van der Waals surface area contributed by atoms with E-state index in [1.54, 1.807) is 25.1 Å². The Hall–Kier alpha value is -1.69. The van der Waals surface area contributed by atoms with E-state index in [-0.39, 0.29) is 10.9 Å². The van der Waals surface area contributed by atoms with Gasteiger partial charge in [-0.25, -0.2) is 0 Å². The van der Waals surface area contributed by atoms with Crippen LogP contribution in [0.4, 0.5) is 11.4 Å². The van der Waals surface area contributed by atoms with Crippen LogP contribution < -0.4 is 5.32 Å². The van der Waals surface area contributed by atoms with Crippen LogP contribution in [-0.4, -0.2) is 16.7 Å². The molecule has 0 heterocycles. The van der Waals surface area contributed by atoms with Gasteiger partial charge in [-0.3, -0.25) is 10.1 Å². The van der Waals surface area contributed by atoms with E-state index in [0.29, 0.717) is 12.3 Å².